The Morgan fingerprint density at radius 1 is 0.304 bits per heavy atom. The Kier molecular flexibility index (Phi) is 53.9. The fourth-order valence-corrected chi connectivity index (χ4v) is 7.77. The summed E-state index contributed by atoms with van der Waals surface area (Å²) in [5.41, 5.74) is 0. The van der Waals surface area contributed by atoms with Gasteiger partial charge >= 0.3 is 17.9 Å². The summed E-state index contributed by atoms with van der Waals surface area (Å²) in [6.07, 6.45) is 75.4. The van der Waals surface area contributed by atoms with Crippen LogP contribution < -0.4 is 0 Å². The minimum Gasteiger partial charge on any atom is -0.462 e. The summed E-state index contributed by atoms with van der Waals surface area (Å²) < 4.78 is 16.8. The number of carbonyl (C=O) groups excluding carboxylic acids is 3. The molecule has 0 aromatic rings. The molecule has 0 amide bonds. The van der Waals surface area contributed by atoms with Crippen LogP contribution in [0.1, 0.15) is 265 Å². The molecule has 394 valence electrons. The summed E-state index contributed by atoms with van der Waals surface area (Å²) in [4.78, 5) is 38.1. The van der Waals surface area contributed by atoms with Gasteiger partial charge in [-0.15, -0.1) is 0 Å². The molecule has 0 aliphatic heterocycles. The van der Waals surface area contributed by atoms with E-state index in [0.717, 1.165) is 122 Å². The Morgan fingerprint density at radius 3 is 0.928 bits per heavy atom. The third-order valence-corrected chi connectivity index (χ3v) is 12.1. The smallest absolute Gasteiger partial charge is 0.306 e. The molecule has 0 fully saturated rings. The van der Waals surface area contributed by atoms with Gasteiger partial charge in [-0.1, -0.05) is 240 Å². The quantitative estimate of drug-likeness (QED) is 0.0262. The zero-order valence-corrected chi connectivity index (χ0v) is 45.0. The Morgan fingerprint density at radius 2 is 0.565 bits per heavy atom. The summed E-state index contributed by atoms with van der Waals surface area (Å²) in [5.74, 6) is -0.930. The predicted octanol–water partition coefficient (Wildman–Crippen LogP) is 19.3. The number of hydrogen-bond donors (Lipinski definition) is 0. The maximum atomic E-state index is 12.8. The van der Waals surface area contributed by atoms with Gasteiger partial charge in [0, 0.05) is 19.3 Å². The first-order valence-electron chi connectivity index (χ1n) is 28.7. The second-order valence-electron chi connectivity index (χ2n) is 18.8. The van der Waals surface area contributed by atoms with Crippen molar-refractivity contribution < 1.29 is 28.6 Å². The fraction of sp³-hybridized carbons (Fsp3) is 0.698. The highest BCUT2D eigenvalue weighted by Crippen LogP contribution is 2.15. The van der Waals surface area contributed by atoms with Gasteiger partial charge in [-0.3, -0.25) is 14.4 Å². The molecule has 0 N–H and O–H groups in total. The van der Waals surface area contributed by atoms with E-state index in [2.05, 4.69) is 118 Å². The van der Waals surface area contributed by atoms with Crippen LogP contribution in [0.2, 0.25) is 0 Å². The van der Waals surface area contributed by atoms with Crippen molar-refractivity contribution in [1.82, 2.24) is 0 Å². The molecule has 0 aliphatic rings. The Bertz CT molecular complexity index is 1380. The normalized spacial score (nSPS) is 12.8. The highest BCUT2D eigenvalue weighted by atomic mass is 16.6. The lowest BCUT2D eigenvalue weighted by molar-refractivity contribution is -0.167. The van der Waals surface area contributed by atoms with Crippen LogP contribution in [0, 0.1) is 0 Å². The number of esters is 3. The lowest BCUT2D eigenvalue weighted by Gasteiger charge is -2.18. The number of rotatable bonds is 51. The van der Waals surface area contributed by atoms with Crippen LogP contribution in [-0.2, 0) is 28.6 Å². The summed E-state index contributed by atoms with van der Waals surface area (Å²) in [5, 5.41) is 0. The third-order valence-electron chi connectivity index (χ3n) is 12.1. The van der Waals surface area contributed by atoms with E-state index < -0.39 is 6.10 Å². The maximum Gasteiger partial charge on any atom is 0.306 e. The molecule has 0 rings (SSSR count). The van der Waals surface area contributed by atoms with Crippen LogP contribution in [0.3, 0.4) is 0 Å². The molecule has 6 nitrogen and oxygen atoms in total. The largest absolute Gasteiger partial charge is 0.462 e. The van der Waals surface area contributed by atoms with E-state index in [1.807, 2.05) is 0 Å². The molecular formula is C63H106O6. The first-order chi connectivity index (χ1) is 34.0. The van der Waals surface area contributed by atoms with Crippen LogP contribution >= 0.6 is 0 Å². The molecule has 0 heterocycles. The second kappa shape index (κ2) is 56.9. The molecule has 0 aromatic carbocycles. The zero-order valence-electron chi connectivity index (χ0n) is 45.0. The molecule has 69 heavy (non-hydrogen) atoms. The zero-order chi connectivity index (χ0) is 50.0. The van der Waals surface area contributed by atoms with Crippen LogP contribution in [0.4, 0.5) is 0 Å². The second-order valence-corrected chi connectivity index (χ2v) is 18.8. The minimum absolute atomic E-state index is 0.0900. The molecule has 0 aliphatic carbocycles. The predicted molar refractivity (Wildman–Crippen MR) is 297 cm³/mol. The van der Waals surface area contributed by atoms with Crippen molar-refractivity contribution in [2.75, 3.05) is 13.2 Å². The molecular weight excluding hydrogens is 853 g/mol. The van der Waals surface area contributed by atoms with Crippen LogP contribution in [0.15, 0.2) is 97.2 Å². The average Bonchev–Trinajstić information content (AvgIpc) is 3.35. The van der Waals surface area contributed by atoms with Crippen molar-refractivity contribution in [3.8, 4) is 0 Å². The number of unbranched alkanes of at least 4 members (excludes halogenated alkanes) is 24. The molecule has 0 radical (unpaired) electrons. The van der Waals surface area contributed by atoms with E-state index in [1.54, 1.807) is 0 Å². The molecule has 0 spiro atoms. The van der Waals surface area contributed by atoms with Gasteiger partial charge in [0.15, 0.2) is 6.10 Å². The third kappa shape index (κ3) is 55.1. The van der Waals surface area contributed by atoms with Crippen molar-refractivity contribution in [3.05, 3.63) is 97.2 Å². The Hall–Kier alpha value is -3.67. The van der Waals surface area contributed by atoms with Gasteiger partial charge in [0.2, 0.25) is 0 Å². The number of carbonyl (C=O) groups is 3. The highest BCUT2D eigenvalue weighted by molar-refractivity contribution is 5.71. The van der Waals surface area contributed by atoms with Crippen molar-refractivity contribution in [2.45, 2.75) is 271 Å². The molecule has 0 saturated heterocycles. The van der Waals surface area contributed by atoms with Gasteiger partial charge in [0.05, 0.1) is 0 Å². The molecule has 1 atom stereocenters. The van der Waals surface area contributed by atoms with E-state index in [1.165, 1.54) is 103 Å². The van der Waals surface area contributed by atoms with Gasteiger partial charge in [-0.25, -0.2) is 0 Å². The van der Waals surface area contributed by atoms with E-state index in [-0.39, 0.29) is 31.1 Å². The Balaban J connectivity index is 4.39. The van der Waals surface area contributed by atoms with E-state index in [0.29, 0.717) is 19.3 Å². The van der Waals surface area contributed by atoms with Crippen molar-refractivity contribution >= 4 is 17.9 Å². The van der Waals surface area contributed by atoms with E-state index in [4.69, 9.17) is 14.2 Å². The molecule has 0 aromatic heterocycles. The van der Waals surface area contributed by atoms with Crippen LogP contribution in [0.5, 0.6) is 0 Å². The first kappa shape index (κ1) is 65.3. The highest BCUT2D eigenvalue weighted by Gasteiger charge is 2.19. The lowest BCUT2D eigenvalue weighted by atomic mass is 10.0. The van der Waals surface area contributed by atoms with Crippen molar-refractivity contribution in [3.63, 3.8) is 0 Å². The number of ether oxygens (including phenoxy) is 3. The monoisotopic (exact) mass is 959 g/mol. The van der Waals surface area contributed by atoms with E-state index in [9.17, 15) is 14.4 Å². The Labute approximate surface area is 426 Å². The van der Waals surface area contributed by atoms with Gasteiger partial charge in [-0.05, 0) is 103 Å². The average molecular weight is 960 g/mol. The minimum atomic E-state index is -0.794. The lowest BCUT2D eigenvalue weighted by Crippen LogP contribution is -2.30. The standard InChI is InChI=1S/C63H106O6/c1-4-7-10-13-16-19-22-25-26-27-28-29-30-31-32-33-34-35-36-39-41-44-47-50-53-56-62(65)68-59-60(69-63(66)57-54-51-48-45-42-38-24-21-18-15-12-9-6-3)58-67-61(64)55-52-49-46-43-40-37-23-20-17-14-11-8-5-2/h7,10,16,19,21,24-26,28-29,31-32,34-35,39,41,60H,4-6,8-9,11-15,17-18,20,22-23,27,30,33,36-38,40,42-59H2,1-3H3/b10-7-,19-16-,24-21-,26-25-,29-28-,32-31-,35-34-,41-39-. The summed E-state index contributed by atoms with van der Waals surface area (Å²) in [6, 6.07) is 0. The van der Waals surface area contributed by atoms with Gasteiger partial charge < -0.3 is 14.2 Å². The summed E-state index contributed by atoms with van der Waals surface area (Å²) >= 11 is 0. The van der Waals surface area contributed by atoms with Gasteiger partial charge in [0.25, 0.3) is 0 Å². The number of hydrogen-bond acceptors (Lipinski definition) is 6. The van der Waals surface area contributed by atoms with Crippen molar-refractivity contribution in [1.29, 1.82) is 0 Å². The summed E-state index contributed by atoms with van der Waals surface area (Å²) in [6.45, 7) is 6.48. The molecule has 0 bridgehead atoms. The molecule has 1 unspecified atom stereocenters. The number of allylic oxidation sites excluding steroid dienone is 16. The van der Waals surface area contributed by atoms with Gasteiger partial charge in [-0.2, -0.15) is 0 Å². The summed E-state index contributed by atoms with van der Waals surface area (Å²) in [7, 11) is 0. The maximum absolute atomic E-state index is 12.8. The first-order valence-corrected chi connectivity index (χ1v) is 28.7. The molecule has 6 heteroatoms. The van der Waals surface area contributed by atoms with Crippen molar-refractivity contribution in [2.24, 2.45) is 0 Å². The molecule has 0 saturated carbocycles. The fourth-order valence-electron chi connectivity index (χ4n) is 7.77. The van der Waals surface area contributed by atoms with Crippen LogP contribution in [-0.4, -0.2) is 37.2 Å². The van der Waals surface area contributed by atoms with Gasteiger partial charge in [0.1, 0.15) is 13.2 Å². The van der Waals surface area contributed by atoms with Crippen LogP contribution in [0.25, 0.3) is 0 Å². The topological polar surface area (TPSA) is 78.9 Å². The van der Waals surface area contributed by atoms with E-state index >= 15 is 0 Å². The SMILES string of the molecule is CC/C=C\C/C=C\C/C=C\C/C=C\C/C=C\C/C=C\C/C=C\CCCCCC(=O)OCC(COC(=O)CCCCCCCCCCCCCCC)OC(=O)CCCCCCC/C=C\CCCCCC.